The van der Waals surface area contributed by atoms with Gasteiger partial charge in [0.1, 0.15) is 12.4 Å². The van der Waals surface area contributed by atoms with E-state index in [1.54, 1.807) is 12.1 Å². The van der Waals surface area contributed by atoms with Crippen LogP contribution in [0.3, 0.4) is 0 Å². The Morgan fingerprint density at radius 2 is 1.54 bits per heavy atom. The van der Waals surface area contributed by atoms with E-state index >= 15 is 0 Å². The van der Waals surface area contributed by atoms with E-state index in [4.69, 9.17) is 9.84 Å². The maximum Gasteiger partial charge on any atom is 0.303 e. The van der Waals surface area contributed by atoms with Gasteiger partial charge in [0, 0.05) is 30.5 Å². The largest absolute Gasteiger partial charge is 0.489 e. The number of hydrogen-bond donors (Lipinski definition) is 2. The molecule has 206 valence electrons. The van der Waals surface area contributed by atoms with Gasteiger partial charge in [-0.05, 0) is 55.4 Å². The number of nitrogens with one attached hydrogen (secondary N) is 1. The number of aryl methyl sites for hydroxylation is 1. The Labute approximate surface area is 229 Å². The predicted octanol–water partition coefficient (Wildman–Crippen LogP) is 6.26. The molecule has 0 aliphatic carbocycles. The first-order valence-electron chi connectivity index (χ1n) is 13.4. The van der Waals surface area contributed by atoms with Crippen molar-refractivity contribution in [2.24, 2.45) is 0 Å². The lowest BCUT2D eigenvalue weighted by molar-refractivity contribution is -0.385. The molecule has 0 heterocycles. The number of hydrogen-bond acceptors (Lipinski definition) is 5. The summed E-state index contributed by atoms with van der Waals surface area (Å²) in [5, 5.41) is 23.3. The summed E-state index contributed by atoms with van der Waals surface area (Å²) in [7, 11) is 0. The Kier molecular flexibility index (Phi) is 12.0. The minimum Gasteiger partial charge on any atom is -0.489 e. The lowest BCUT2D eigenvalue weighted by Gasteiger charge is -2.18. The monoisotopic (exact) mass is 532 g/mol. The summed E-state index contributed by atoms with van der Waals surface area (Å²) >= 11 is 0. The average molecular weight is 533 g/mol. The third kappa shape index (κ3) is 11.0. The summed E-state index contributed by atoms with van der Waals surface area (Å²) in [6.07, 6.45) is 5.11. The molecule has 8 nitrogen and oxygen atoms in total. The smallest absolute Gasteiger partial charge is 0.303 e. The molecule has 0 aliphatic rings. The van der Waals surface area contributed by atoms with E-state index in [0.717, 1.165) is 41.7 Å². The van der Waals surface area contributed by atoms with Gasteiger partial charge < -0.3 is 15.2 Å². The summed E-state index contributed by atoms with van der Waals surface area (Å²) < 4.78 is 5.83. The van der Waals surface area contributed by atoms with Gasteiger partial charge >= 0.3 is 5.97 Å². The second kappa shape index (κ2) is 15.9. The van der Waals surface area contributed by atoms with Gasteiger partial charge in [-0.3, -0.25) is 19.7 Å². The van der Waals surface area contributed by atoms with Crippen LogP contribution in [-0.2, 0) is 29.0 Å². The van der Waals surface area contributed by atoms with Gasteiger partial charge in [0.2, 0.25) is 5.91 Å². The van der Waals surface area contributed by atoms with E-state index in [1.165, 1.54) is 6.07 Å². The predicted molar refractivity (Wildman–Crippen MR) is 150 cm³/mol. The van der Waals surface area contributed by atoms with Crippen LogP contribution in [0.5, 0.6) is 5.75 Å². The van der Waals surface area contributed by atoms with Crippen molar-refractivity contribution in [2.75, 3.05) is 0 Å². The molecule has 1 amide bonds. The third-order valence-electron chi connectivity index (χ3n) is 6.51. The number of benzene rings is 3. The molecule has 0 aliphatic heterocycles. The molecule has 3 rings (SSSR count). The fraction of sp³-hybridized carbons (Fsp3) is 0.355. The van der Waals surface area contributed by atoms with Crippen molar-refractivity contribution in [3.05, 3.63) is 106 Å². The van der Waals surface area contributed by atoms with Gasteiger partial charge in [0.25, 0.3) is 5.69 Å². The fourth-order valence-corrected chi connectivity index (χ4v) is 4.42. The first-order valence-corrected chi connectivity index (χ1v) is 13.4. The molecule has 0 saturated heterocycles. The van der Waals surface area contributed by atoms with Crippen molar-refractivity contribution >= 4 is 17.6 Å². The molecular weight excluding hydrogens is 496 g/mol. The lowest BCUT2D eigenvalue weighted by atomic mass is 10.0. The number of nitro benzene ring substituents is 1. The van der Waals surface area contributed by atoms with Crippen LogP contribution in [0.15, 0.2) is 78.9 Å². The minimum atomic E-state index is -0.891. The molecule has 1 atom stereocenters. The topological polar surface area (TPSA) is 119 Å². The SMILES string of the molecule is O=C(O)CCC(Cc1ccc(OCc2ccccc2)cc1)NC(=O)CCCCCCc1ccccc1[N+](=O)[O-]. The summed E-state index contributed by atoms with van der Waals surface area (Å²) in [5.74, 6) is -0.236. The molecular formula is C31H36N2O6. The maximum atomic E-state index is 12.6. The van der Waals surface area contributed by atoms with E-state index in [1.807, 2.05) is 60.7 Å². The van der Waals surface area contributed by atoms with Crippen LogP contribution in [-0.4, -0.2) is 27.9 Å². The molecule has 0 radical (unpaired) electrons. The highest BCUT2D eigenvalue weighted by molar-refractivity contribution is 5.76. The normalized spacial score (nSPS) is 11.5. The zero-order chi connectivity index (χ0) is 27.9. The van der Waals surface area contributed by atoms with Crippen LogP contribution in [0.1, 0.15) is 61.6 Å². The Hall–Kier alpha value is -4.20. The van der Waals surface area contributed by atoms with Gasteiger partial charge in [0.05, 0.1) is 4.92 Å². The van der Waals surface area contributed by atoms with E-state index in [-0.39, 0.29) is 29.0 Å². The molecule has 3 aromatic rings. The van der Waals surface area contributed by atoms with Gasteiger partial charge in [-0.1, -0.05) is 73.5 Å². The van der Waals surface area contributed by atoms with Gasteiger partial charge in [0.15, 0.2) is 0 Å². The Bertz CT molecular complexity index is 1200. The van der Waals surface area contributed by atoms with Crippen LogP contribution in [0.2, 0.25) is 0 Å². The number of amides is 1. The molecule has 3 aromatic carbocycles. The molecule has 39 heavy (non-hydrogen) atoms. The number of carboxylic acids is 1. The number of unbranched alkanes of at least 4 members (excludes halogenated alkanes) is 3. The zero-order valence-electron chi connectivity index (χ0n) is 22.1. The maximum absolute atomic E-state index is 12.6. The van der Waals surface area contributed by atoms with Crippen LogP contribution >= 0.6 is 0 Å². The van der Waals surface area contributed by atoms with Crippen molar-refractivity contribution in [1.82, 2.24) is 5.32 Å². The van der Waals surface area contributed by atoms with Gasteiger partial charge in [-0.25, -0.2) is 0 Å². The summed E-state index contributed by atoms with van der Waals surface area (Å²) in [5.41, 5.74) is 2.96. The zero-order valence-corrected chi connectivity index (χ0v) is 22.1. The first-order chi connectivity index (χ1) is 18.9. The number of rotatable bonds is 17. The van der Waals surface area contributed by atoms with Crippen LogP contribution in [0.25, 0.3) is 0 Å². The highest BCUT2D eigenvalue weighted by atomic mass is 16.6. The number of aliphatic carboxylic acids is 1. The molecule has 0 saturated carbocycles. The van der Waals surface area contributed by atoms with Gasteiger partial charge in [-0.15, -0.1) is 0 Å². The van der Waals surface area contributed by atoms with Gasteiger partial charge in [-0.2, -0.15) is 0 Å². The lowest BCUT2D eigenvalue weighted by Crippen LogP contribution is -2.36. The second-order valence-electron chi connectivity index (χ2n) is 9.62. The standard InChI is InChI=1S/C31H36N2O6/c34-30(15-7-2-1-6-12-26-13-8-9-14-29(26)33(37)38)32-27(18-21-31(35)36)22-24-16-19-28(20-17-24)39-23-25-10-4-3-5-11-25/h3-5,8-11,13-14,16-17,19-20,27H,1-2,6-7,12,15,18,21-23H2,(H,32,34)(H,35,36). The molecule has 8 heteroatoms. The van der Waals surface area contributed by atoms with Crippen molar-refractivity contribution in [1.29, 1.82) is 0 Å². The number of carbonyl (C=O) groups excluding carboxylic acids is 1. The quantitative estimate of drug-likeness (QED) is 0.120. The number of nitrogens with zero attached hydrogens (tertiary/aromatic N) is 1. The van der Waals surface area contributed by atoms with Crippen molar-refractivity contribution in [3.63, 3.8) is 0 Å². The summed E-state index contributed by atoms with van der Waals surface area (Å²) in [4.78, 5) is 34.5. The van der Waals surface area contributed by atoms with Crippen molar-refractivity contribution in [3.8, 4) is 5.75 Å². The average Bonchev–Trinajstić information content (AvgIpc) is 2.94. The van der Waals surface area contributed by atoms with Crippen molar-refractivity contribution in [2.45, 2.75) is 70.4 Å². The number of para-hydroxylation sites is 1. The number of nitro groups is 1. The van der Waals surface area contributed by atoms with Crippen LogP contribution in [0.4, 0.5) is 5.69 Å². The Morgan fingerprint density at radius 3 is 2.26 bits per heavy atom. The first kappa shape index (κ1) is 29.4. The summed E-state index contributed by atoms with van der Waals surface area (Å²) in [6.45, 7) is 0.476. The highest BCUT2D eigenvalue weighted by Crippen LogP contribution is 2.20. The van der Waals surface area contributed by atoms with Crippen LogP contribution < -0.4 is 10.1 Å². The Morgan fingerprint density at radius 1 is 0.846 bits per heavy atom. The van der Waals surface area contributed by atoms with E-state index < -0.39 is 5.97 Å². The fourth-order valence-electron chi connectivity index (χ4n) is 4.42. The minimum absolute atomic E-state index is 0.0190. The molecule has 2 N–H and O–H groups in total. The van der Waals surface area contributed by atoms with E-state index in [0.29, 0.717) is 38.7 Å². The molecule has 0 spiro atoms. The van der Waals surface area contributed by atoms with E-state index in [9.17, 15) is 19.7 Å². The van der Waals surface area contributed by atoms with E-state index in [2.05, 4.69) is 5.32 Å². The number of ether oxygens (including phenoxy) is 1. The second-order valence-corrected chi connectivity index (χ2v) is 9.62. The molecule has 1 unspecified atom stereocenters. The Balaban J connectivity index is 1.40. The highest BCUT2D eigenvalue weighted by Gasteiger charge is 2.15. The molecule has 0 fully saturated rings. The third-order valence-corrected chi connectivity index (χ3v) is 6.51. The van der Waals surface area contributed by atoms with Crippen LogP contribution in [0, 0.1) is 10.1 Å². The number of carboxylic acid groups (broad SMARTS) is 1. The molecule has 0 bridgehead atoms. The summed E-state index contributed by atoms with van der Waals surface area (Å²) in [6, 6.07) is 24.1. The molecule has 0 aromatic heterocycles. The van der Waals surface area contributed by atoms with Crippen molar-refractivity contribution < 1.29 is 24.4 Å². The number of carbonyl (C=O) groups is 2.